The third kappa shape index (κ3) is 14.3. The molecule has 0 radical (unpaired) electrons. The predicted molar refractivity (Wildman–Crippen MR) is 125 cm³/mol. The van der Waals surface area contributed by atoms with Crippen molar-refractivity contribution in [2.75, 3.05) is 13.1 Å². The molecule has 0 fully saturated rings. The van der Waals surface area contributed by atoms with Gasteiger partial charge in [0.1, 0.15) is 0 Å². The van der Waals surface area contributed by atoms with Crippen LogP contribution in [0, 0.1) is 0 Å². The lowest BCUT2D eigenvalue weighted by atomic mass is 10.1. The van der Waals surface area contributed by atoms with Gasteiger partial charge in [-0.2, -0.15) is 0 Å². The van der Waals surface area contributed by atoms with Crippen molar-refractivity contribution in [1.29, 1.82) is 0 Å². The molecule has 1 aromatic rings. The summed E-state index contributed by atoms with van der Waals surface area (Å²) in [5, 5.41) is 0. The maximum absolute atomic E-state index is 3.62. The molecular formula is C25H44BrN. The summed E-state index contributed by atoms with van der Waals surface area (Å²) < 4.78 is 1.20. The van der Waals surface area contributed by atoms with E-state index in [4.69, 9.17) is 0 Å². The average molecular weight is 439 g/mol. The fourth-order valence-corrected chi connectivity index (χ4v) is 4.20. The summed E-state index contributed by atoms with van der Waals surface area (Å²) in [7, 11) is 0. The molecule has 27 heavy (non-hydrogen) atoms. The second-order valence-electron chi connectivity index (χ2n) is 8.15. The van der Waals surface area contributed by atoms with E-state index in [9.17, 15) is 0 Å². The van der Waals surface area contributed by atoms with Crippen LogP contribution in [-0.2, 0) is 6.54 Å². The maximum atomic E-state index is 3.62. The molecule has 0 aliphatic heterocycles. The summed E-state index contributed by atoms with van der Waals surface area (Å²) in [6.07, 6.45) is 19.6. The molecule has 0 N–H and O–H groups in total. The van der Waals surface area contributed by atoms with Crippen molar-refractivity contribution in [3.63, 3.8) is 0 Å². The average Bonchev–Trinajstić information content (AvgIpc) is 2.66. The third-order valence-electron chi connectivity index (χ3n) is 5.45. The van der Waals surface area contributed by atoms with Gasteiger partial charge in [0.2, 0.25) is 0 Å². The first-order valence-corrected chi connectivity index (χ1v) is 12.5. The zero-order valence-electron chi connectivity index (χ0n) is 18.2. The zero-order valence-corrected chi connectivity index (χ0v) is 19.7. The van der Waals surface area contributed by atoms with Gasteiger partial charge in [-0.3, -0.25) is 4.90 Å². The summed E-state index contributed by atoms with van der Waals surface area (Å²) in [6.45, 7) is 8.21. The van der Waals surface area contributed by atoms with Gasteiger partial charge >= 0.3 is 0 Å². The van der Waals surface area contributed by atoms with Gasteiger partial charge in [-0.15, -0.1) is 0 Å². The molecule has 0 atom stereocenters. The highest BCUT2D eigenvalue weighted by Crippen LogP contribution is 2.16. The van der Waals surface area contributed by atoms with E-state index in [1.807, 2.05) is 0 Å². The summed E-state index contributed by atoms with van der Waals surface area (Å²) in [4.78, 5) is 2.69. The van der Waals surface area contributed by atoms with Crippen molar-refractivity contribution < 1.29 is 0 Å². The van der Waals surface area contributed by atoms with E-state index in [2.05, 4.69) is 58.9 Å². The van der Waals surface area contributed by atoms with Crippen LogP contribution < -0.4 is 0 Å². The van der Waals surface area contributed by atoms with Gasteiger partial charge in [0.15, 0.2) is 0 Å². The number of nitrogens with zero attached hydrogens (tertiary/aromatic N) is 1. The van der Waals surface area contributed by atoms with Crippen LogP contribution in [0.15, 0.2) is 28.7 Å². The van der Waals surface area contributed by atoms with E-state index in [0.29, 0.717) is 0 Å². The van der Waals surface area contributed by atoms with E-state index in [1.165, 1.54) is 113 Å². The molecule has 1 aromatic carbocycles. The first kappa shape index (κ1) is 24.7. The quantitative estimate of drug-likeness (QED) is 0.207. The van der Waals surface area contributed by atoms with E-state index >= 15 is 0 Å². The molecule has 0 unspecified atom stereocenters. The highest BCUT2D eigenvalue weighted by molar-refractivity contribution is 9.10. The SMILES string of the molecule is CCCCCCCCCN(CCCCCCCCC)Cc1cccc(Br)c1. The minimum Gasteiger partial charge on any atom is -0.299 e. The molecule has 1 nitrogen and oxygen atoms in total. The summed E-state index contributed by atoms with van der Waals surface area (Å²) in [5.41, 5.74) is 1.44. The molecule has 0 heterocycles. The molecule has 0 aromatic heterocycles. The number of unbranched alkanes of at least 4 members (excludes halogenated alkanes) is 12. The molecule has 2 heteroatoms. The lowest BCUT2D eigenvalue weighted by Crippen LogP contribution is -2.25. The summed E-state index contributed by atoms with van der Waals surface area (Å²) in [6, 6.07) is 8.84. The first-order valence-electron chi connectivity index (χ1n) is 11.7. The van der Waals surface area contributed by atoms with Crippen molar-refractivity contribution in [1.82, 2.24) is 4.90 Å². The highest BCUT2D eigenvalue weighted by atomic mass is 79.9. The van der Waals surface area contributed by atoms with Crippen molar-refractivity contribution in [2.45, 2.75) is 110 Å². The normalized spacial score (nSPS) is 11.4. The number of benzene rings is 1. The lowest BCUT2D eigenvalue weighted by Gasteiger charge is -2.22. The van der Waals surface area contributed by atoms with Crippen molar-refractivity contribution in [2.24, 2.45) is 0 Å². The highest BCUT2D eigenvalue weighted by Gasteiger charge is 2.06. The van der Waals surface area contributed by atoms with Gasteiger partial charge in [0, 0.05) is 11.0 Å². The van der Waals surface area contributed by atoms with Crippen LogP contribution in [0.2, 0.25) is 0 Å². The third-order valence-corrected chi connectivity index (χ3v) is 5.94. The fraction of sp³-hybridized carbons (Fsp3) is 0.760. The van der Waals surface area contributed by atoms with Gasteiger partial charge < -0.3 is 0 Å². The Morgan fingerprint density at radius 1 is 0.667 bits per heavy atom. The van der Waals surface area contributed by atoms with Gasteiger partial charge in [-0.25, -0.2) is 0 Å². The lowest BCUT2D eigenvalue weighted by molar-refractivity contribution is 0.252. The van der Waals surface area contributed by atoms with Crippen molar-refractivity contribution in [3.05, 3.63) is 34.3 Å². The van der Waals surface area contributed by atoms with E-state index in [1.54, 1.807) is 0 Å². The van der Waals surface area contributed by atoms with Crippen LogP contribution in [0.1, 0.15) is 109 Å². The standard InChI is InChI=1S/C25H44BrN/c1-3-5-7-9-11-13-15-20-27(21-16-14-12-10-8-6-4-2)23-24-18-17-19-25(26)22-24/h17-19,22H,3-16,20-21,23H2,1-2H3. The molecular weight excluding hydrogens is 394 g/mol. The van der Waals surface area contributed by atoms with E-state index < -0.39 is 0 Å². The van der Waals surface area contributed by atoms with Crippen LogP contribution in [-0.4, -0.2) is 18.0 Å². The Morgan fingerprint density at radius 3 is 1.63 bits per heavy atom. The second kappa shape index (κ2) is 17.7. The van der Waals surface area contributed by atoms with Gasteiger partial charge in [-0.05, 0) is 43.6 Å². The van der Waals surface area contributed by atoms with Crippen LogP contribution in [0.4, 0.5) is 0 Å². The molecule has 0 saturated carbocycles. The zero-order chi connectivity index (χ0) is 19.6. The summed E-state index contributed by atoms with van der Waals surface area (Å²) >= 11 is 3.62. The van der Waals surface area contributed by atoms with Crippen LogP contribution in [0.5, 0.6) is 0 Å². The van der Waals surface area contributed by atoms with Gasteiger partial charge in [0.25, 0.3) is 0 Å². The molecule has 156 valence electrons. The van der Waals surface area contributed by atoms with E-state index in [-0.39, 0.29) is 0 Å². The Kier molecular flexibility index (Phi) is 16.2. The molecule has 0 aliphatic rings. The topological polar surface area (TPSA) is 3.24 Å². The molecule has 0 spiro atoms. The number of hydrogen-bond donors (Lipinski definition) is 0. The Hall–Kier alpha value is -0.340. The Balaban J connectivity index is 2.28. The van der Waals surface area contributed by atoms with Gasteiger partial charge in [0.05, 0.1) is 0 Å². The monoisotopic (exact) mass is 437 g/mol. The Morgan fingerprint density at radius 2 is 1.15 bits per heavy atom. The maximum Gasteiger partial charge on any atom is 0.0234 e. The second-order valence-corrected chi connectivity index (χ2v) is 9.06. The fourth-order valence-electron chi connectivity index (χ4n) is 3.75. The number of rotatable bonds is 18. The molecule has 0 aliphatic carbocycles. The van der Waals surface area contributed by atoms with E-state index in [0.717, 1.165) is 6.54 Å². The number of halogens is 1. The van der Waals surface area contributed by atoms with Crippen LogP contribution in [0.3, 0.4) is 0 Å². The van der Waals surface area contributed by atoms with Crippen molar-refractivity contribution in [3.8, 4) is 0 Å². The molecule has 0 saturated heterocycles. The molecule has 0 amide bonds. The minimum absolute atomic E-state index is 1.10. The van der Waals surface area contributed by atoms with Crippen molar-refractivity contribution >= 4 is 15.9 Å². The molecule has 0 bridgehead atoms. The van der Waals surface area contributed by atoms with Crippen LogP contribution >= 0.6 is 15.9 Å². The number of hydrogen-bond acceptors (Lipinski definition) is 1. The Bertz CT molecular complexity index is 428. The smallest absolute Gasteiger partial charge is 0.0234 e. The Labute approximate surface area is 178 Å². The van der Waals surface area contributed by atoms with Gasteiger partial charge in [-0.1, -0.05) is 119 Å². The first-order chi connectivity index (χ1) is 13.3. The molecule has 1 rings (SSSR count). The summed E-state index contributed by atoms with van der Waals surface area (Å²) in [5.74, 6) is 0. The largest absolute Gasteiger partial charge is 0.299 e. The van der Waals surface area contributed by atoms with Crippen LogP contribution in [0.25, 0.3) is 0 Å². The minimum atomic E-state index is 1.10. The predicted octanol–water partition coefficient (Wildman–Crippen LogP) is 8.75.